The van der Waals surface area contributed by atoms with Crippen molar-refractivity contribution < 1.29 is 10.0 Å². The van der Waals surface area contributed by atoms with Gasteiger partial charge in [0.2, 0.25) is 0 Å². The molecule has 0 spiro atoms. The van der Waals surface area contributed by atoms with Gasteiger partial charge in [0.05, 0.1) is 5.02 Å². The molecule has 0 fully saturated rings. The van der Waals surface area contributed by atoms with E-state index in [1.54, 1.807) is 24.3 Å². The molecule has 110 valence electrons. The van der Waals surface area contributed by atoms with Crippen LogP contribution in [-0.4, -0.2) is 17.0 Å². The topological polar surface area (TPSA) is 87.7 Å². The Kier molecular flexibility index (Phi) is 4.82. The van der Waals surface area contributed by atoms with E-state index >= 15 is 0 Å². The maximum absolute atomic E-state index is 12.1. The van der Waals surface area contributed by atoms with E-state index in [0.29, 0.717) is 22.0 Å². The lowest BCUT2D eigenvalue weighted by atomic mass is 10.1. The smallest absolute Gasteiger partial charge is 0.267 e. The van der Waals surface area contributed by atoms with Gasteiger partial charge in [-0.1, -0.05) is 28.9 Å². The van der Waals surface area contributed by atoms with E-state index in [-0.39, 0.29) is 11.7 Å². The lowest BCUT2D eigenvalue weighted by molar-refractivity contribution is 0.103. The van der Waals surface area contributed by atoms with Crippen molar-refractivity contribution in [1.29, 1.82) is 0 Å². The van der Waals surface area contributed by atoms with Crippen LogP contribution in [0.25, 0.3) is 0 Å². The molecule has 0 radical (unpaired) electrons. The largest absolute Gasteiger partial charge is 0.409 e. The second-order valence-corrected chi connectivity index (χ2v) is 5.74. The third-order valence-corrected chi connectivity index (χ3v) is 4.53. The predicted molar refractivity (Wildman–Crippen MR) is 85.6 cm³/mol. The highest BCUT2D eigenvalue weighted by atomic mass is 35.5. The minimum Gasteiger partial charge on any atom is -0.409 e. The Labute approximate surface area is 131 Å². The molecule has 7 heteroatoms. The molecule has 4 N–H and O–H groups in total. The second kappa shape index (κ2) is 6.60. The Hall–Kier alpha value is -2.05. The lowest BCUT2D eigenvalue weighted by Gasteiger charge is -2.06. The highest BCUT2D eigenvalue weighted by molar-refractivity contribution is 7.13. The van der Waals surface area contributed by atoms with E-state index in [1.807, 2.05) is 12.3 Å². The van der Waals surface area contributed by atoms with Gasteiger partial charge < -0.3 is 16.3 Å². The van der Waals surface area contributed by atoms with Gasteiger partial charge in [0.15, 0.2) is 0 Å². The third-order valence-electron chi connectivity index (χ3n) is 2.83. The molecule has 21 heavy (non-hydrogen) atoms. The highest BCUT2D eigenvalue weighted by Gasteiger charge is 2.14. The van der Waals surface area contributed by atoms with Crippen LogP contribution in [0.3, 0.4) is 0 Å². The first-order valence-electron chi connectivity index (χ1n) is 6.11. The summed E-state index contributed by atoms with van der Waals surface area (Å²) in [6.07, 6.45) is 0.348. The maximum atomic E-state index is 12.1. The molecule has 0 atom stereocenters. The monoisotopic (exact) mass is 323 g/mol. The molecule has 0 aliphatic carbocycles. The number of thiophene rings is 1. The Morgan fingerprint density at radius 1 is 1.43 bits per heavy atom. The SMILES string of the molecule is Cc1csc(C(=O)Nc2ccc(C/C(N)=N/O)cc2)c1Cl. The fourth-order valence-electron chi connectivity index (χ4n) is 1.72. The number of aryl methyl sites for hydroxylation is 1. The number of carbonyl (C=O) groups is 1. The summed E-state index contributed by atoms with van der Waals surface area (Å²) in [6, 6.07) is 7.11. The Balaban J connectivity index is 2.06. The standard InChI is InChI=1S/C14H14ClN3O2S/c1-8-7-21-13(12(8)15)14(19)17-10-4-2-9(3-5-10)6-11(16)18-20/h2-5,7,20H,6H2,1H3,(H2,16,18)(H,17,19). The first-order chi connectivity index (χ1) is 10.0. The van der Waals surface area contributed by atoms with E-state index in [0.717, 1.165) is 11.1 Å². The molecule has 5 nitrogen and oxygen atoms in total. The van der Waals surface area contributed by atoms with Crippen molar-refractivity contribution in [2.24, 2.45) is 10.9 Å². The highest BCUT2D eigenvalue weighted by Crippen LogP contribution is 2.27. The third kappa shape index (κ3) is 3.74. The van der Waals surface area contributed by atoms with Gasteiger partial charge in [-0.3, -0.25) is 4.79 Å². The number of carbonyl (C=O) groups excluding carboxylic acids is 1. The van der Waals surface area contributed by atoms with E-state index in [9.17, 15) is 4.79 Å². The fraction of sp³-hybridized carbons (Fsp3) is 0.143. The zero-order chi connectivity index (χ0) is 15.4. The van der Waals surface area contributed by atoms with Crippen LogP contribution in [0.4, 0.5) is 5.69 Å². The molecule has 1 amide bonds. The van der Waals surface area contributed by atoms with Gasteiger partial charge in [-0.15, -0.1) is 11.3 Å². The van der Waals surface area contributed by atoms with Gasteiger partial charge in [0, 0.05) is 12.1 Å². The number of amidine groups is 1. The number of hydrogen-bond donors (Lipinski definition) is 3. The lowest BCUT2D eigenvalue weighted by Crippen LogP contribution is -2.15. The molecule has 1 aromatic heterocycles. The number of nitrogens with two attached hydrogens (primary N) is 1. The number of hydrogen-bond acceptors (Lipinski definition) is 4. The number of amides is 1. The molecule has 1 heterocycles. The van der Waals surface area contributed by atoms with Gasteiger partial charge in [0.1, 0.15) is 10.7 Å². The van der Waals surface area contributed by atoms with Crippen molar-refractivity contribution in [2.75, 3.05) is 5.32 Å². The summed E-state index contributed by atoms with van der Waals surface area (Å²) in [5.41, 5.74) is 7.87. The van der Waals surface area contributed by atoms with Crippen LogP contribution in [0.15, 0.2) is 34.8 Å². The zero-order valence-electron chi connectivity index (χ0n) is 11.3. The summed E-state index contributed by atoms with van der Waals surface area (Å²) in [5.74, 6) is -0.102. The molecular formula is C14H14ClN3O2S. The number of benzene rings is 1. The van der Waals surface area contributed by atoms with Crippen molar-refractivity contribution in [3.05, 3.63) is 50.7 Å². The van der Waals surface area contributed by atoms with Gasteiger partial charge in [-0.05, 0) is 35.6 Å². The first-order valence-corrected chi connectivity index (χ1v) is 7.37. The minimum atomic E-state index is -0.234. The summed E-state index contributed by atoms with van der Waals surface area (Å²) in [4.78, 5) is 12.6. The average Bonchev–Trinajstić information content (AvgIpc) is 2.81. The molecule has 2 rings (SSSR count). The molecule has 1 aromatic carbocycles. The van der Waals surface area contributed by atoms with Crippen LogP contribution >= 0.6 is 22.9 Å². The summed E-state index contributed by atoms with van der Waals surface area (Å²) < 4.78 is 0. The Morgan fingerprint density at radius 2 is 2.10 bits per heavy atom. The molecule has 0 aliphatic rings. The van der Waals surface area contributed by atoms with Crippen LogP contribution in [0.5, 0.6) is 0 Å². The van der Waals surface area contributed by atoms with E-state index < -0.39 is 0 Å². The van der Waals surface area contributed by atoms with Crippen molar-refractivity contribution in [3.63, 3.8) is 0 Å². The van der Waals surface area contributed by atoms with Crippen LogP contribution in [0.1, 0.15) is 20.8 Å². The van der Waals surface area contributed by atoms with Crippen LogP contribution in [0.2, 0.25) is 5.02 Å². The zero-order valence-corrected chi connectivity index (χ0v) is 12.8. The molecule has 0 unspecified atom stereocenters. The van der Waals surface area contributed by atoms with Crippen LogP contribution in [-0.2, 0) is 6.42 Å². The van der Waals surface area contributed by atoms with E-state index in [1.165, 1.54) is 11.3 Å². The second-order valence-electron chi connectivity index (χ2n) is 4.48. The molecule has 0 aliphatic heterocycles. The minimum absolute atomic E-state index is 0.132. The number of nitrogens with one attached hydrogen (secondary N) is 1. The van der Waals surface area contributed by atoms with Crippen molar-refractivity contribution in [2.45, 2.75) is 13.3 Å². The first kappa shape index (κ1) is 15.3. The molecule has 2 aromatic rings. The summed E-state index contributed by atoms with van der Waals surface area (Å²) in [7, 11) is 0. The Bertz CT molecular complexity index is 680. The van der Waals surface area contributed by atoms with Crippen molar-refractivity contribution >= 4 is 40.4 Å². The molecule has 0 bridgehead atoms. The van der Waals surface area contributed by atoms with Gasteiger partial charge in [0.25, 0.3) is 5.91 Å². The number of halogens is 1. The normalized spacial score (nSPS) is 11.4. The van der Waals surface area contributed by atoms with Crippen LogP contribution in [0, 0.1) is 6.92 Å². The van der Waals surface area contributed by atoms with E-state index in [4.69, 9.17) is 22.5 Å². The summed E-state index contributed by atoms with van der Waals surface area (Å²) in [5, 5.41) is 16.6. The van der Waals surface area contributed by atoms with E-state index in [2.05, 4.69) is 10.5 Å². The predicted octanol–water partition coefficient (Wildman–Crippen LogP) is 3.25. The van der Waals surface area contributed by atoms with Gasteiger partial charge in [-0.2, -0.15) is 0 Å². The maximum Gasteiger partial charge on any atom is 0.267 e. The van der Waals surface area contributed by atoms with Crippen molar-refractivity contribution in [1.82, 2.24) is 0 Å². The van der Waals surface area contributed by atoms with Gasteiger partial charge in [-0.25, -0.2) is 0 Å². The summed E-state index contributed by atoms with van der Waals surface area (Å²) >= 11 is 7.38. The number of oxime groups is 1. The molecule has 0 saturated heterocycles. The van der Waals surface area contributed by atoms with Crippen molar-refractivity contribution in [3.8, 4) is 0 Å². The Morgan fingerprint density at radius 3 is 2.62 bits per heavy atom. The fourth-order valence-corrected chi connectivity index (χ4v) is 2.90. The van der Waals surface area contributed by atoms with Gasteiger partial charge >= 0.3 is 0 Å². The quantitative estimate of drug-likeness (QED) is 0.349. The molecule has 0 saturated carbocycles. The summed E-state index contributed by atoms with van der Waals surface area (Å²) in [6.45, 7) is 1.86. The average molecular weight is 324 g/mol. The molecular weight excluding hydrogens is 310 g/mol. The number of anilines is 1. The van der Waals surface area contributed by atoms with Crippen LogP contribution < -0.4 is 11.1 Å². The number of nitrogens with zero attached hydrogens (tertiary/aromatic N) is 1. The number of rotatable bonds is 4.